The summed E-state index contributed by atoms with van der Waals surface area (Å²) < 4.78 is 0. The van der Waals surface area contributed by atoms with Crippen LogP contribution in [0, 0.1) is 0 Å². The highest BCUT2D eigenvalue weighted by molar-refractivity contribution is 6.36. The number of phenolic OH excluding ortho intramolecular Hbond substituents is 1. The summed E-state index contributed by atoms with van der Waals surface area (Å²) in [5.41, 5.74) is 2.37. The summed E-state index contributed by atoms with van der Waals surface area (Å²) in [6, 6.07) is 10.7. The number of hydrogen-bond donors (Lipinski definition) is 1. The highest BCUT2D eigenvalue weighted by Crippen LogP contribution is 2.33. The molecule has 0 saturated carbocycles. The van der Waals surface area contributed by atoms with Gasteiger partial charge in [0.2, 0.25) is 0 Å². The van der Waals surface area contributed by atoms with Crippen LogP contribution in [-0.2, 0) is 13.1 Å². The van der Waals surface area contributed by atoms with E-state index < -0.39 is 0 Å². The standard InChI is InChI=1S/C15H11Cl2NO2/c16-11-5-12(14(19)13(17)6-11)15(20)18-7-9-3-1-2-4-10(9)8-18/h1-6,19H,7-8H2. The van der Waals surface area contributed by atoms with Crippen LogP contribution in [0.2, 0.25) is 10.0 Å². The van der Waals surface area contributed by atoms with Crippen molar-refractivity contribution in [3.05, 3.63) is 63.1 Å². The van der Waals surface area contributed by atoms with Crippen molar-refractivity contribution in [2.24, 2.45) is 0 Å². The average molecular weight is 308 g/mol. The van der Waals surface area contributed by atoms with Crippen molar-refractivity contribution in [1.29, 1.82) is 0 Å². The molecule has 0 spiro atoms. The number of carbonyl (C=O) groups excluding carboxylic acids is 1. The molecule has 0 fully saturated rings. The Labute approximate surface area is 126 Å². The third-order valence-electron chi connectivity index (χ3n) is 3.39. The van der Waals surface area contributed by atoms with Crippen molar-refractivity contribution in [2.45, 2.75) is 13.1 Å². The lowest BCUT2D eigenvalue weighted by Gasteiger charge is -2.16. The maximum Gasteiger partial charge on any atom is 0.258 e. The van der Waals surface area contributed by atoms with Gasteiger partial charge in [-0.3, -0.25) is 4.79 Å². The number of rotatable bonds is 1. The van der Waals surface area contributed by atoms with Gasteiger partial charge in [0.15, 0.2) is 0 Å². The molecular weight excluding hydrogens is 297 g/mol. The third kappa shape index (κ3) is 2.23. The van der Waals surface area contributed by atoms with Crippen LogP contribution < -0.4 is 0 Å². The smallest absolute Gasteiger partial charge is 0.258 e. The molecule has 0 saturated heterocycles. The van der Waals surface area contributed by atoms with Crippen LogP contribution in [0.4, 0.5) is 0 Å². The minimum atomic E-state index is -0.275. The number of hydrogen-bond acceptors (Lipinski definition) is 2. The van der Waals surface area contributed by atoms with Crippen LogP contribution in [0.15, 0.2) is 36.4 Å². The molecule has 3 nitrogen and oxygen atoms in total. The van der Waals surface area contributed by atoms with E-state index in [0.717, 1.165) is 11.1 Å². The van der Waals surface area contributed by atoms with Gasteiger partial charge in [-0.15, -0.1) is 0 Å². The van der Waals surface area contributed by atoms with Gasteiger partial charge in [-0.2, -0.15) is 0 Å². The predicted octanol–water partition coefficient (Wildman–Crippen LogP) is 3.86. The van der Waals surface area contributed by atoms with Gasteiger partial charge in [-0.05, 0) is 23.3 Å². The van der Waals surface area contributed by atoms with E-state index in [4.69, 9.17) is 23.2 Å². The fraction of sp³-hybridized carbons (Fsp3) is 0.133. The molecule has 0 unspecified atom stereocenters. The third-order valence-corrected chi connectivity index (χ3v) is 3.89. The van der Waals surface area contributed by atoms with Crippen molar-refractivity contribution in [3.8, 4) is 5.75 Å². The first-order valence-corrected chi connectivity index (χ1v) is 6.86. The van der Waals surface area contributed by atoms with E-state index in [1.807, 2.05) is 24.3 Å². The van der Waals surface area contributed by atoms with E-state index in [0.29, 0.717) is 18.1 Å². The molecule has 0 aliphatic carbocycles. The van der Waals surface area contributed by atoms with Crippen molar-refractivity contribution in [2.75, 3.05) is 0 Å². The van der Waals surface area contributed by atoms with Gasteiger partial charge >= 0.3 is 0 Å². The summed E-state index contributed by atoms with van der Waals surface area (Å²) in [7, 11) is 0. The molecule has 0 atom stereocenters. The van der Waals surface area contributed by atoms with Gasteiger partial charge < -0.3 is 10.0 Å². The number of benzene rings is 2. The predicted molar refractivity (Wildman–Crippen MR) is 78.1 cm³/mol. The minimum absolute atomic E-state index is 0.0811. The van der Waals surface area contributed by atoms with Crippen LogP contribution in [0.25, 0.3) is 0 Å². The molecule has 20 heavy (non-hydrogen) atoms. The average Bonchev–Trinajstić information content (AvgIpc) is 2.86. The van der Waals surface area contributed by atoms with Crippen molar-refractivity contribution in [3.63, 3.8) is 0 Å². The second kappa shape index (κ2) is 5.00. The summed E-state index contributed by atoms with van der Waals surface area (Å²) in [4.78, 5) is 14.1. The molecule has 3 rings (SSSR count). The first kappa shape index (κ1) is 13.3. The minimum Gasteiger partial charge on any atom is -0.506 e. The number of phenols is 1. The van der Waals surface area contributed by atoms with E-state index in [1.54, 1.807) is 4.90 Å². The van der Waals surface area contributed by atoms with E-state index in [9.17, 15) is 9.90 Å². The summed E-state index contributed by atoms with van der Waals surface area (Å²) >= 11 is 11.7. The van der Waals surface area contributed by atoms with Crippen LogP contribution in [-0.4, -0.2) is 15.9 Å². The summed E-state index contributed by atoms with van der Waals surface area (Å²) in [6.07, 6.45) is 0. The highest BCUT2D eigenvalue weighted by atomic mass is 35.5. The Balaban J connectivity index is 1.92. The Morgan fingerprint density at radius 1 is 1.10 bits per heavy atom. The van der Waals surface area contributed by atoms with E-state index >= 15 is 0 Å². The SMILES string of the molecule is O=C(c1cc(Cl)cc(Cl)c1O)N1Cc2ccccc2C1. The number of amides is 1. The second-order valence-corrected chi connectivity index (χ2v) is 5.56. The molecule has 0 bridgehead atoms. The van der Waals surface area contributed by atoms with Gasteiger partial charge in [0, 0.05) is 18.1 Å². The summed E-state index contributed by atoms with van der Waals surface area (Å²) in [5.74, 6) is -0.500. The van der Waals surface area contributed by atoms with E-state index in [2.05, 4.69) is 0 Å². The highest BCUT2D eigenvalue weighted by Gasteiger charge is 2.26. The van der Waals surface area contributed by atoms with E-state index in [-0.39, 0.29) is 22.2 Å². The van der Waals surface area contributed by atoms with Gasteiger partial charge in [0.05, 0.1) is 10.6 Å². The molecular formula is C15H11Cl2NO2. The van der Waals surface area contributed by atoms with Crippen LogP contribution in [0.5, 0.6) is 5.75 Å². The molecule has 0 aromatic heterocycles. The van der Waals surface area contributed by atoms with Crippen molar-refractivity contribution in [1.82, 2.24) is 4.90 Å². The Morgan fingerprint density at radius 2 is 1.70 bits per heavy atom. The van der Waals surface area contributed by atoms with Crippen molar-refractivity contribution >= 4 is 29.1 Å². The first-order chi connectivity index (χ1) is 9.56. The van der Waals surface area contributed by atoms with Gasteiger partial charge in [-0.25, -0.2) is 0 Å². The lowest BCUT2D eigenvalue weighted by Crippen LogP contribution is -2.25. The van der Waals surface area contributed by atoms with Gasteiger partial charge in [0.1, 0.15) is 5.75 Å². The van der Waals surface area contributed by atoms with Gasteiger partial charge in [-0.1, -0.05) is 47.5 Å². The lowest BCUT2D eigenvalue weighted by molar-refractivity contribution is 0.0748. The second-order valence-electron chi connectivity index (χ2n) is 4.71. The number of nitrogens with zero attached hydrogens (tertiary/aromatic N) is 1. The number of fused-ring (bicyclic) bond motifs is 1. The quantitative estimate of drug-likeness (QED) is 0.869. The molecule has 0 radical (unpaired) electrons. The normalized spacial score (nSPS) is 13.4. The zero-order chi connectivity index (χ0) is 14.3. The molecule has 1 N–H and O–H groups in total. The summed E-state index contributed by atoms with van der Waals surface area (Å²) in [6.45, 7) is 1.05. The summed E-state index contributed by atoms with van der Waals surface area (Å²) in [5, 5.41) is 10.3. The maximum atomic E-state index is 12.5. The molecule has 102 valence electrons. The van der Waals surface area contributed by atoms with E-state index in [1.165, 1.54) is 12.1 Å². The topological polar surface area (TPSA) is 40.5 Å². The molecule has 2 aromatic carbocycles. The Morgan fingerprint density at radius 3 is 2.30 bits per heavy atom. The lowest BCUT2D eigenvalue weighted by atomic mass is 10.1. The molecule has 1 amide bonds. The van der Waals surface area contributed by atoms with Crippen LogP contribution in [0.1, 0.15) is 21.5 Å². The monoisotopic (exact) mass is 307 g/mol. The molecule has 1 aliphatic rings. The van der Waals surface area contributed by atoms with Crippen molar-refractivity contribution < 1.29 is 9.90 Å². The Bertz CT molecular complexity index is 675. The largest absolute Gasteiger partial charge is 0.506 e. The Hall–Kier alpha value is -1.71. The number of aromatic hydroxyl groups is 1. The fourth-order valence-electron chi connectivity index (χ4n) is 2.38. The van der Waals surface area contributed by atoms with Crippen LogP contribution >= 0.6 is 23.2 Å². The molecule has 2 aromatic rings. The number of halogens is 2. The van der Waals surface area contributed by atoms with Gasteiger partial charge in [0.25, 0.3) is 5.91 Å². The first-order valence-electron chi connectivity index (χ1n) is 6.10. The fourth-order valence-corrected chi connectivity index (χ4v) is 2.87. The zero-order valence-electron chi connectivity index (χ0n) is 10.4. The van der Waals surface area contributed by atoms with Crippen LogP contribution in [0.3, 0.4) is 0 Å². The zero-order valence-corrected chi connectivity index (χ0v) is 11.9. The molecule has 1 heterocycles. The Kier molecular flexibility index (Phi) is 3.32. The maximum absolute atomic E-state index is 12.5. The molecule has 1 aliphatic heterocycles. The molecule has 5 heteroatoms. The number of carbonyl (C=O) groups is 1.